The molecule has 0 amide bonds. The summed E-state index contributed by atoms with van der Waals surface area (Å²) in [5.74, 6) is 0.429. The summed E-state index contributed by atoms with van der Waals surface area (Å²) >= 11 is 0. The number of hydrogen-bond donors (Lipinski definition) is 1. The van der Waals surface area contributed by atoms with E-state index in [1.807, 2.05) is 7.05 Å². The lowest BCUT2D eigenvalue weighted by Gasteiger charge is -2.00. The van der Waals surface area contributed by atoms with Gasteiger partial charge in [0.15, 0.2) is 12.2 Å². The number of halogens is 1. The molecule has 0 unspecified atom stereocenters. The molecule has 0 aliphatic heterocycles. The number of nitrogens with zero attached hydrogens (tertiary/aromatic N) is 1. The van der Waals surface area contributed by atoms with Crippen molar-refractivity contribution in [1.82, 2.24) is 10.3 Å². The Morgan fingerprint density at radius 3 is 2.73 bits per heavy atom. The Hall–Kier alpha value is -1.68. The Labute approximate surface area is 86.9 Å². The van der Waals surface area contributed by atoms with Crippen LogP contribution in [-0.4, -0.2) is 12.0 Å². The molecule has 15 heavy (non-hydrogen) atoms. The molecule has 0 saturated heterocycles. The van der Waals surface area contributed by atoms with Crippen LogP contribution >= 0.6 is 0 Å². The minimum Gasteiger partial charge on any atom is -0.443 e. The predicted octanol–water partition coefficient (Wildman–Crippen LogP) is 2.20. The van der Waals surface area contributed by atoms with E-state index in [0.717, 1.165) is 11.3 Å². The minimum absolute atomic E-state index is 0.256. The van der Waals surface area contributed by atoms with Crippen LogP contribution in [0.25, 0.3) is 11.3 Å². The number of rotatable bonds is 3. The molecule has 0 spiro atoms. The minimum atomic E-state index is -0.256. The van der Waals surface area contributed by atoms with E-state index in [4.69, 9.17) is 4.42 Å². The van der Waals surface area contributed by atoms with Gasteiger partial charge in [-0.3, -0.25) is 0 Å². The molecule has 2 rings (SSSR count). The van der Waals surface area contributed by atoms with E-state index < -0.39 is 0 Å². The highest BCUT2D eigenvalue weighted by Gasteiger charge is 2.09. The fourth-order valence-electron chi connectivity index (χ4n) is 1.40. The number of aromatic nitrogens is 1. The fraction of sp³-hybridized carbons (Fsp3) is 0.182. The molecule has 0 aliphatic carbocycles. The van der Waals surface area contributed by atoms with Crippen molar-refractivity contribution >= 4 is 0 Å². The van der Waals surface area contributed by atoms with Crippen LogP contribution in [0, 0.1) is 5.82 Å². The van der Waals surface area contributed by atoms with Crippen LogP contribution in [0.1, 0.15) is 5.69 Å². The molecule has 0 radical (unpaired) electrons. The Balaban J connectivity index is 2.36. The molecule has 3 nitrogen and oxygen atoms in total. The van der Waals surface area contributed by atoms with Crippen molar-refractivity contribution < 1.29 is 8.81 Å². The molecule has 4 heteroatoms. The van der Waals surface area contributed by atoms with E-state index in [1.54, 1.807) is 12.1 Å². The molecule has 0 aliphatic rings. The first-order chi connectivity index (χ1) is 7.31. The Kier molecular flexibility index (Phi) is 2.78. The standard InChI is InChI=1S/C11H11FN2O/c1-13-6-10-11(15-7-14-10)8-2-4-9(12)5-3-8/h2-5,7,13H,6H2,1H3. The Morgan fingerprint density at radius 1 is 1.33 bits per heavy atom. The average molecular weight is 206 g/mol. The van der Waals surface area contributed by atoms with Crippen molar-refractivity contribution in [2.24, 2.45) is 0 Å². The monoisotopic (exact) mass is 206 g/mol. The van der Waals surface area contributed by atoms with Crippen molar-refractivity contribution in [3.8, 4) is 11.3 Å². The first-order valence-corrected chi connectivity index (χ1v) is 4.64. The maximum absolute atomic E-state index is 12.7. The summed E-state index contributed by atoms with van der Waals surface area (Å²) in [6, 6.07) is 6.16. The summed E-state index contributed by atoms with van der Waals surface area (Å²) in [6.45, 7) is 0.628. The van der Waals surface area contributed by atoms with Crippen LogP contribution in [0.5, 0.6) is 0 Å². The third-order valence-electron chi connectivity index (χ3n) is 2.09. The molecule has 0 fully saturated rings. The van der Waals surface area contributed by atoms with E-state index >= 15 is 0 Å². The summed E-state index contributed by atoms with van der Waals surface area (Å²) < 4.78 is 18.0. The number of benzene rings is 1. The smallest absolute Gasteiger partial charge is 0.181 e. The SMILES string of the molecule is CNCc1ncoc1-c1ccc(F)cc1. The van der Waals surface area contributed by atoms with Crippen LogP contribution < -0.4 is 5.32 Å². The molecule has 1 heterocycles. The predicted molar refractivity (Wildman–Crippen MR) is 54.7 cm³/mol. The Morgan fingerprint density at radius 2 is 2.07 bits per heavy atom. The molecule has 1 aromatic carbocycles. The van der Waals surface area contributed by atoms with Crippen molar-refractivity contribution in [2.75, 3.05) is 7.05 Å². The molecule has 0 saturated carbocycles. The average Bonchev–Trinajstić information content (AvgIpc) is 2.68. The lowest BCUT2D eigenvalue weighted by Crippen LogP contribution is -2.06. The zero-order valence-corrected chi connectivity index (χ0v) is 8.33. The molecule has 0 atom stereocenters. The van der Waals surface area contributed by atoms with Gasteiger partial charge in [-0.15, -0.1) is 0 Å². The van der Waals surface area contributed by atoms with Crippen LogP contribution in [-0.2, 0) is 6.54 Å². The molecule has 0 bridgehead atoms. The van der Waals surface area contributed by atoms with Crippen LogP contribution in [0.15, 0.2) is 35.1 Å². The Bertz CT molecular complexity index is 436. The lowest BCUT2D eigenvalue weighted by atomic mass is 10.1. The van der Waals surface area contributed by atoms with Gasteiger partial charge in [-0.25, -0.2) is 9.37 Å². The second-order valence-corrected chi connectivity index (χ2v) is 3.17. The van der Waals surface area contributed by atoms with E-state index in [2.05, 4.69) is 10.3 Å². The summed E-state index contributed by atoms with van der Waals surface area (Å²) in [5, 5.41) is 3.00. The molecular formula is C11H11FN2O. The second kappa shape index (κ2) is 4.23. The van der Waals surface area contributed by atoms with Crippen LogP contribution in [0.4, 0.5) is 4.39 Å². The van der Waals surface area contributed by atoms with Crippen molar-refractivity contribution in [3.63, 3.8) is 0 Å². The van der Waals surface area contributed by atoms with Gasteiger partial charge >= 0.3 is 0 Å². The van der Waals surface area contributed by atoms with Gasteiger partial charge < -0.3 is 9.73 Å². The third-order valence-corrected chi connectivity index (χ3v) is 2.09. The first kappa shape index (κ1) is 9.86. The second-order valence-electron chi connectivity index (χ2n) is 3.17. The van der Waals surface area contributed by atoms with E-state index in [0.29, 0.717) is 12.3 Å². The molecule has 1 aromatic heterocycles. The van der Waals surface area contributed by atoms with Gasteiger partial charge in [0.25, 0.3) is 0 Å². The van der Waals surface area contributed by atoms with Crippen LogP contribution in [0.3, 0.4) is 0 Å². The molecular weight excluding hydrogens is 195 g/mol. The molecule has 78 valence electrons. The summed E-state index contributed by atoms with van der Waals surface area (Å²) in [6.07, 6.45) is 1.39. The van der Waals surface area contributed by atoms with Gasteiger partial charge in [0.2, 0.25) is 0 Å². The molecule has 1 N–H and O–H groups in total. The summed E-state index contributed by atoms with van der Waals surface area (Å²) in [5.41, 5.74) is 1.66. The largest absolute Gasteiger partial charge is 0.443 e. The number of hydrogen-bond acceptors (Lipinski definition) is 3. The van der Waals surface area contributed by atoms with Gasteiger partial charge in [0, 0.05) is 12.1 Å². The van der Waals surface area contributed by atoms with Crippen molar-refractivity contribution in [1.29, 1.82) is 0 Å². The van der Waals surface area contributed by atoms with Gasteiger partial charge in [0.05, 0.1) is 0 Å². The third kappa shape index (κ3) is 2.05. The fourth-order valence-corrected chi connectivity index (χ4v) is 1.40. The van der Waals surface area contributed by atoms with E-state index in [-0.39, 0.29) is 5.82 Å². The zero-order chi connectivity index (χ0) is 10.7. The highest BCUT2D eigenvalue weighted by Crippen LogP contribution is 2.22. The summed E-state index contributed by atoms with van der Waals surface area (Å²) in [7, 11) is 1.84. The maximum atomic E-state index is 12.7. The number of oxazole rings is 1. The van der Waals surface area contributed by atoms with Gasteiger partial charge in [-0.1, -0.05) is 0 Å². The topological polar surface area (TPSA) is 38.1 Å². The maximum Gasteiger partial charge on any atom is 0.181 e. The number of nitrogens with one attached hydrogen (secondary N) is 1. The molecule has 2 aromatic rings. The normalized spacial score (nSPS) is 10.5. The van der Waals surface area contributed by atoms with Crippen molar-refractivity contribution in [2.45, 2.75) is 6.54 Å². The van der Waals surface area contributed by atoms with Gasteiger partial charge in [-0.2, -0.15) is 0 Å². The first-order valence-electron chi connectivity index (χ1n) is 4.64. The van der Waals surface area contributed by atoms with Crippen LogP contribution in [0.2, 0.25) is 0 Å². The highest BCUT2D eigenvalue weighted by molar-refractivity contribution is 5.59. The highest BCUT2D eigenvalue weighted by atomic mass is 19.1. The zero-order valence-electron chi connectivity index (χ0n) is 8.33. The summed E-state index contributed by atoms with van der Waals surface area (Å²) in [4.78, 5) is 4.08. The van der Waals surface area contributed by atoms with Gasteiger partial charge in [0.1, 0.15) is 11.5 Å². The van der Waals surface area contributed by atoms with E-state index in [1.165, 1.54) is 18.5 Å². The van der Waals surface area contributed by atoms with Gasteiger partial charge in [-0.05, 0) is 31.3 Å². The quantitative estimate of drug-likeness (QED) is 0.836. The van der Waals surface area contributed by atoms with E-state index in [9.17, 15) is 4.39 Å². The lowest BCUT2D eigenvalue weighted by molar-refractivity contribution is 0.570. The van der Waals surface area contributed by atoms with Crippen molar-refractivity contribution in [3.05, 3.63) is 42.2 Å².